The van der Waals surface area contributed by atoms with E-state index in [0.29, 0.717) is 28.3 Å². The highest BCUT2D eigenvalue weighted by atomic mass is 19.2. The number of amides is 1. The monoisotopic (exact) mass is 416 g/mol. The Morgan fingerprint density at radius 1 is 1.17 bits per heavy atom. The molecule has 0 aliphatic carbocycles. The van der Waals surface area contributed by atoms with Crippen LogP contribution >= 0.6 is 0 Å². The highest BCUT2D eigenvalue weighted by molar-refractivity contribution is 5.96. The number of rotatable bonds is 6. The molecule has 7 nitrogen and oxygen atoms in total. The first kappa shape index (κ1) is 21.4. The predicted molar refractivity (Wildman–Crippen MR) is 106 cm³/mol. The molecule has 0 fully saturated rings. The number of hydrogen-bond donors (Lipinski definition) is 1. The topological polar surface area (TPSA) is 90.0 Å². The second-order valence-corrected chi connectivity index (χ2v) is 7.39. The summed E-state index contributed by atoms with van der Waals surface area (Å²) in [6, 6.07) is 5.73. The Hall–Kier alpha value is -3.36. The third-order valence-electron chi connectivity index (χ3n) is 4.83. The summed E-state index contributed by atoms with van der Waals surface area (Å²) < 4.78 is 33.0. The average molecular weight is 416 g/mol. The van der Waals surface area contributed by atoms with Gasteiger partial charge in [-0.3, -0.25) is 9.59 Å². The van der Waals surface area contributed by atoms with E-state index >= 15 is 0 Å². The Bertz CT molecular complexity index is 1120. The van der Waals surface area contributed by atoms with Gasteiger partial charge in [-0.2, -0.15) is 5.10 Å². The van der Waals surface area contributed by atoms with Crippen LogP contribution in [0.5, 0.6) is 0 Å². The first-order valence-electron chi connectivity index (χ1n) is 9.44. The van der Waals surface area contributed by atoms with Gasteiger partial charge in [0.25, 0.3) is 11.5 Å². The molecular formula is C21H22F2N4O3. The SMILES string of the molecule is Cc1noc(C)c1C(=O)N[C@H](Cn1nc(-c2ccc(F)c(F)c2)ccc1=O)C(C)C. The zero-order chi connectivity index (χ0) is 22.0. The van der Waals surface area contributed by atoms with Crippen LogP contribution in [0.25, 0.3) is 11.3 Å². The van der Waals surface area contributed by atoms with Gasteiger partial charge in [-0.15, -0.1) is 0 Å². The predicted octanol–water partition coefficient (Wildman–Crippen LogP) is 3.25. The van der Waals surface area contributed by atoms with E-state index in [1.807, 2.05) is 13.8 Å². The summed E-state index contributed by atoms with van der Waals surface area (Å²) in [6.45, 7) is 7.23. The molecule has 30 heavy (non-hydrogen) atoms. The number of halogens is 2. The molecule has 0 radical (unpaired) electrons. The molecule has 2 heterocycles. The molecule has 2 aromatic heterocycles. The lowest BCUT2D eigenvalue weighted by Crippen LogP contribution is -2.44. The molecule has 0 saturated carbocycles. The largest absolute Gasteiger partial charge is 0.361 e. The van der Waals surface area contributed by atoms with Crippen molar-refractivity contribution in [2.45, 2.75) is 40.3 Å². The lowest BCUT2D eigenvalue weighted by Gasteiger charge is -2.23. The van der Waals surface area contributed by atoms with E-state index in [2.05, 4.69) is 15.6 Å². The van der Waals surface area contributed by atoms with Gasteiger partial charge in [0.05, 0.1) is 24.0 Å². The zero-order valence-corrected chi connectivity index (χ0v) is 17.1. The molecule has 1 N–H and O–H groups in total. The summed E-state index contributed by atoms with van der Waals surface area (Å²) in [5, 5.41) is 11.0. The number of aryl methyl sites for hydroxylation is 2. The Balaban J connectivity index is 1.87. The Kier molecular flexibility index (Phi) is 6.09. The summed E-state index contributed by atoms with van der Waals surface area (Å²) in [5.74, 6) is -1.93. The van der Waals surface area contributed by atoms with E-state index in [4.69, 9.17) is 4.52 Å². The number of benzene rings is 1. The quantitative estimate of drug-likeness (QED) is 0.666. The summed E-state index contributed by atoms with van der Waals surface area (Å²) in [4.78, 5) is 25.0. The van der Waals surface area contributed by atoms with E-state index in [-0.39, 0.29) is 23.9 Å². The van der Waals surface area contributed by atoms with Gasteiger partial charge in [-0.1, -0.05) is 19.0 Å². The van der Waals surface area contributed by atoms with Crippen LogP contribution in [0.3, 0.4) is 0 Å². The molecule has 0 bridgehead atoms. The second kappa shape index (κ2) is 8.56. The van der Waals surface area contributed by atoms with Crippen molar-refractivity contribution in [3.8, 4) is 11.3 Å². The van der Waals surface area contributed by atoms with Crippen LogP contribution in [-0.4, -0.2) is 26.9 Å². The van der Waals surface area contributed by atoms with Crippen LogP contribution in [0.1, 0.15) is 35.7 Å². The van der Waals surface area contributed by atoms with E-state index in [1.165, 1.54) is 22.9 Å². The molecule has 3 aromatic rings. The fourth-order valence-electron chi connectivity index (χ4n) is 3.05. The minimum absolute atomic E-state index is 0.0185. The molecule has 1 atom stereocenters. The first-order chi connectivity index (χ1) is 14.2. The van der Waals surface area contributed by atoms with Crippen molar-refractivity contribution in [2.75, 3.05) is 0 Å². The average Bonchev–Trinajstić information content (AvgIpc) is 3.03. The van der Waals surface area contributed by atoms with Crippen molar-refractivity contribution in [3.05, 3.63) is 69.3 Å². The third kappa shape index (κ3) is 4.45. The third-order valence-corrected chi connectivity index (χ3v) is 4.83. The number of nitrogens with zero attached hydrogens (tertiary/aromatic N) is 3. The molecule has 0 aliphatic heterocycles. The summed E-state index contributed by atoms with van der Waals surface area (Å²) >= 11 is 0. The smallest absolute Gasteiger partial charge is 0.266 e. The summed E-state index contributed by atoms with van der Waals surface area (Å²) in [6.07, 6.45) is 0. The van der Waals surface area contributed by atoms with Crippen molar-refractivity contribution in [3.63, 3.8) is 0 Å². The van der Waals surface area contributed by atoms with Crippen molar-refractivity contribution < 1.29 is 18.1 Å². The molecule has 9 heteroatoms. The number of hydrogen-bond acceptors (Lipinski definition) is 5. The molecule has 3 rings (SSSR count). The van der Waals surface area contributed by atoms with Gasteiger partial charge in [0.2, 0.25) is 0 Å². The van der Waals surface area contributed by atoms with Gasteiger partial charge in [-0.25, -0.2) is 13.5 Å². The van der Waals surface area contributed by atoms with Crippen molar-refractivity contribution >= 4 is 5.91 Å². The maximum absolute atomic E-state index is 13.6. The summed E-state index contributed by atoms with van der Waals surface area (Å²) in [5.41, 5.74) is 1.11. The minimum atomic E-state index is -1.00. The first-order valence-corrected chi connectivity index (χ1v) is 9.44. The van der Waals surface area contributed by atoms with E-state index in [9.17, 15) is 18.4 Å². The molecule has 0 spiro atoms. The van der Waals surface area contributed by atoms with E-state index in [1.54, 1.807) is 13.8 Å². The van der Waals surface area contributed by atoms with Crippen LogP contribution in [0, 0.1) is 31.4 Å². The molecule has 1 aromatic carbocycles. The van der Waals surface area contributed by atoms with Crippen LogP contribution in [0.2, 0.25) is 0 Å². The van der Waals surface area contributed by atoms with E-state index in [0.717, 1.165) is 12.1 Å². The van der Waals surface area contributed by atoms with Crippen LogP contribution in [-0.2, 0) is 6.54 Å². The van der Waals surface area contributed by atoms with Gasteiger partial charge in [0, 0.05) is 11.6 Å². The number of carbonyl (C=O) groups excluding carboxylic acids is 1. The molecule has 0 aliphatic rings. The van der Waals surface area contributed by atoms with Gasteiger partial charge in [0.1, 0.15) is 11.3 Å². The molecule has 1 amide bonds. The molecular weight excluding hydrogens is 394 g/mol. The lowest BCUT2D eigenvalue weighted by molar-refractivity contribution is 0.0916. The van der Waals surface area contributed by atoms with E-state index < -0.39 is 17.7 Å². The normalized spacial score (nSPS) is 12.2. The minimum Gasteiger partial charge on any atom is -0.361 e. The van der Waals surface area contributed by atoms with Gasteiger partial charge in [0.15, 0.2) is 11.6 Å². The maximum atomic E-state index is 13.6. The van der Waals surface area contributed by atoms with Crippen molar-refractivity contribution in [1.82, 2.24) is 20.3 Å². The standard InChI is InChI=1S/C21H22F2N4O3/c1-11(2)18(24-21(29)20-12(3)26-30-13(20)4)10-27-19(28)8-7-17(25-27)14-5-6-15(22)16(23)9-14/h5-9,11,18H,10H2,1-4H3,(H,24,29)/t18-/m1/s1. The fourth-order valence-corrected chi connectivity index (χ4v) is 3.05. The maximum Gasteiger partial charge on any atom is 0.266 e. The number of aromatic nitrogens is 3. The lowest BCUT2D eigenvalue weighted by atomic mass is 10.0. The summed E-state index contributed by atoms with van der Waals surface area (Å²) in [7, 11) is 0. The Labute approximate surface area is 171 Å². The Morgan fingerprint density at radius 3 is 2.50 bits per heavy atom. The number of carbonyl (C=O) groups is 1. The second-order valence-electron chi connectivity index (χ2n) is 7.39. The van der Waals surface area contributed by atoms with Crippen LogP contribution in [0.4, 0.5) is 8.78 Å². The van der Waals surface area contributed by atoms with Gasteiger partial charge < -0.3 is 9.84 Å². The highest BCUT2D eigenvalue weighted by Gasteiger charge is 2.23. The van der Waals surface area contributed by atoms with Crippen molar-refractivity contribution in [2.24, 2.45) is 5.92 Å². The fraction of sp³-hybridized carbons (Fsp3) is 0.333. The van der Waals surface area contributed by atoms with Crippen molar-refractivity contribution in [1.29, 1.82) is 0 Å². The molecule has 158 valence electrons. The molecule has 0 saturated heterocycles. The molecule has 0 unspecified atom stereocenters. The highest BCUT2D eigenvalue weighted by Crippen LogP contribution is 2.19. The number of nitrogens with one attached hydrogen (secondary N) is 1. The van der Waals surface area contributed by atoms with Gasteiger partial charge in [-0.05, 0) is 44.0 Å². The zero-order valence-electron chi connectivity index (χ0n) is 17.1. The van der Waals surface area contributed by atoms with Crippen LogP contribution < -0.4 is 10.9 Å². The van der Waals surface area contributed by atoms with Crippen LogP contribution in [0.15, 0.2) is 39.6 Å². The Morgan fingerprint density at radius 2 is 1.90 bits per heavy atom. The van der Waals surface area contributed by atoms with Gasteiger partial charge >= 0.3 is 0 Å².